The highest BCUT2D eigenvalue weighted by Crippen LogP contribution is 2.28. The Hall–Kier alpha value is -3.43. The number of rotatable bonds is 11. The number of carbonyl (C=O) groups is 2. The number of hydrogen-bond donors (Lipinski definition) is 1. The summed E-state index contributed by atoms with van der Waals surface area (Å²) in [4.78, 5) is 28.1. The third-order valence-corrected chi connectivity index (χ3v) is 8.72. The first-order chi connectivity index (χ1) is 18.4. The monoisotopic (exact) mass is 573 g/mol. The van der Waals surface area contributed by atoms with Crippen LogP contribution in [0.3, 0.4) is 0 Å². The zero-order valence-electron chi connectivity index (χ0n) is 22.4. The number of anilines is 1. The van der Waals surface area contributed by atoms with Gasteiger partial charge < -0.3 is 10.2 Å². The standard InChI is InChI=1S/C29H33ClFN3O4S/c1-5-21(3)32-29(36)22(4)33(18-23-11-9-10-14-27(23)31)28(35)19-34(24-16-15-20(2)26(30)17-24)39(37,38)25-12-7-6-8-13-25/h6-17,21-22H,5,18-19H2,1-4H3,(H,32,36)/t21-,22+/m0/s1. The van der Waals surface area contributed by atoms with Crippen molar-refractivity contribution >= 4 is 39.1 Å². The number of nitrogens with one attached hydrogen (secondary N) is 1. The highest BCUT2D eigenvalue weighted by Gasteiger charge is 2.33. The molecule has 0 unspecified atom stereocenters. The number of amides is 2. The van der Waals surface area contributed by atoms with Crippen LogP contribution in [0.4, 0.5) is 10.1 Å². The van der Waals surface area contributed by atoms with Crippen molar-refractivity contribution in [2.24, 2.45) is 0 Å². The quantitative estimate of drug-likeness (QED) is 0.337. The van der Waals surface area contributed by atoms with E-state index < -0.39 is 40.2 Å². The highest BCUT2D eigenvalue weighted by atomic mass is 35.5. The number of halogens is 2. The molecule has 2 amide bonds. The number of benzene rings is 3. The van der Waals surface area contributed by atoms with Gasteiger partial charge in [-0.05, 0) is 63.1 Å². The van der Waals surface area contributed by atoms with Gasteiger partial charge in [-0.1, -0.05) is 61.0 Å². The SMILES string of the molecule is CC[C@H](C)NC(=O)[C@@H](C)N(Cc1ccccc1F)C(=O)CN(c1ccc(C)c(Cl)c1)S(=O)(=O)c1ccccc1. The largest absolute Gasteiger partial charge is 0.352 e. The maximum atomic E-state index is 14.6. The van der Waals surface area contributed by atoms with E-state index in [1.165, 1.54) is 48.2 Å². The van der Waals surface area contributed by atoms with Gasteiger partial charge in [-0.25, -0.2) is 12.8 Å². The Morgan fingerprint density at radius 1 is 1.00 bits per heavy atom. The number of hydrogen-bond acceptors (Lipinski definition) is 4. The first-order valence-corrected chi connectivity index (χ1v) is 14.4. The van der Waals surface area contributed by atoms with E-state index in [-0.39, 0.29) is 28.7 Å². The summed E-state index contributed by atoms with van der Waals surface area (Å²) in [5.41, 5.74) is 1.12. The van der Waals surface area contributed by atoms with Gasteiger partial charge in [-0.3, -0.25) is 13.9 Å². The van der Waals surface area contributed by atoms with Crippen LogP contribution in [0.5, 0.6) is 0 Å². The molecule has 0 aromatic heterocycles. The van der Waals surface area contributed by atoms with Gasteiger partial charge in [0.15, 0.2) is 0 Å². The Kier molecular flexibility index (Phi) is 10.1. The molecule has 0 aliphatic heterocycles. The first-order valence-electron chi connectivity index (χ1n) is 12.6. The van der Waals surface area contributed by atoms with E-state index in [9.17, 15) is 22.4 Å². The molecule has 0 saturated heterocycles. The molecule has 208 valence electrons. The van der Waals surface area contributed by atoms with Crippen molar-refractivity contribution < 1.29 is 22.4 Å². The Morgan fingerprint density at radius 2 is 1.64 bits per heavy atom. The van der Waals surface area contributed by atoms with Crippen LogP contribution in [0.1, 0.15) is 38.3 Å². The molecule has 3 rings (SSSR count). The lowest BCUT2D eigenvalue weighted by atomic mass is 10.1. The average molecular weight is 574 g/mol. The van der Waals surface area contributed by atoms with E-state index in [0.717, 1.165) is 9.87 Å². The molecule has 39 heavy (non-hydrogen) atoms. The molecule has 0 fully saturated rings. The summed E-state index contributed by atoms with van der Waals surface area (Å²) < 4.78 is 43.1. The molecule has 0 saturated carbocycles. The lowest BCUT2D eigenvalue weighted by Crippen LogP contribution is -2.52. The van der Waals surface area contributed by atoms with Gasteiger partial charge in [0, 0.05) is 23.2 Å². The summed E-state index contributed by atoms with van der Waals surface area (Å²) in [7, 11) is -4.21. The molecule has 0 radical (unpaired) electrons. The number of carbonyl (C=O) groups excluding carboxylic acids is 2. The van der Waals surface area contributed by atoms with Gasteiger partial charge in [0.1, 0.15) is 18.4 Å². The predicted molar refractivity (Wildman–Crippen MR) is 151 cm³/mol. The first kappa shape index (κ1) is 30.1. The Morgan fingerprint density at radius 3 is 2.26 bits per heavy atom. The molecule has 1 N–H and O–H groups in total. The lowest BCUT2D eigenvalue weighted by Gasteiger charge is -2.32. The Balaban J connectivity index is 2.05. The van der Waals surface area contributed by atoms with Crippen LogP contribution in [0, 0.1) is 12.7 Å². The number of aryl methyl sites for hydroxylation is 1. The van der Waals surface area contributed by atoms with Gasteiger partial charge >= 0.3 is 0 Å². The van der Waals surface area contributed by atoms with Gasteiger partial charge in [0.2, 0.25) is 11.8 Å². The molecular formula is C29H33ClFN3O4S. The fourth-order valence-electron chi connectivity index (χ4n) is 3.84. The van der Waals surface area contributed by atoms with Crippen molar-refractivity contribution in [1.29, 1.82) is 0 Å². The maximum Gasteiger partial charge on any atom is 0.264 e. The molecule has 2 atom stereocenters. The topological polar surface area (TPSA) is 86.8 Å². The minimum Gasteiger partial charge on any atom is -0.352 e. The van der Waals surface area contributed by atoms with Crippen molar-refractivity contribution in [2.45, 2.75) is 57.6 Å². The van der Waals surface area contributed by atoms with Crippen LogP contribution in [0.15, 0.2) is 77.7 Å². The van der Waals surface area contributed by atoms with Crippen LogP contribution in [0.2, 0.25) is 5.02 Å². The lowest BCUT2D eigenvalue weighted by molar-refractivity contribution is -0.139. The highest BCUT2D eigenvalue weighted by molar-refractivity contribution is 7.92. The minimum absolute atomic E-state index is 0.0160. The van der Waals surface area contributed by atoms with Crippen LogP contribution < -0.4 is 9.62 Å². The van der Waals surface area contributed by atoms with E-state index in [1.807, 2.05) is 13.8 Å². The molecule has 0 bridgehead atoms. The zero-order chi connectivity index (χ0) is 28.7. The molecule has 7 nitrogen and oxygen atoms in total. The Labute approximate surface area is 234 Å². The van der Waals surface area contributed by atoms with E-state index in [0.29, 0.717) is 11.4 Å². The molecule has 10 heteroatoms. The zero-order valence-corrected chi connectivity index (χ0v) is 24.0. The summed E-state index contributed by atoms with van der Waals surface area (Å²) in [5.74, 6) is -1.64. The Bertz CT molecular complexity index is 1420. The van der Waals surface area contributed by atoms with Crippen LogP contribution in [-0.4, -0.2) is 43.8 Å². The van der Waals surface area contributed by atoms with Gasteiger partial charge in [0.05, 0.1) is 10.6 Å². The van der Waals surface area contributed by atoms with Crippen molar-refractivity contribution in [3.05, 3.63) is 94.8 Å². The van der Waals surface area contributed by atoms with Crippen LogP contribution in [0.25, 0.3) is 0 Å². The molecule has 0 spiro atoms. The summed E-state index contributed by atoms with van der Waals surface area (Å²) in [5, 5.41) is 3.18. The van der Waals surface area contributed by atoms with E-state index in [2.05, 4.69) is 5.32 Å². The third kappa shape index (κ3) is 7.36. The number of nitrogens with zero attached hydrogens (tertiary/aromatic N) is 2. The smallest absolute Gasteiger partial charge is 0.264 e. The fourth-order valence-corrected chi connectivity index (χ4v) is 5.45. The third-order valence-electron chi connectivity index (χ3n) is 6.52. The van der Waals surface area contributed by atoms with Gasteiger partial charge in [-0.2, -0.15) is 0 Å². The van der Waals surface area contributed by atoms with Crippen molar-refractivity contribution in [3.8, 4) is 0 Å². The maximum absolute atomic E-state index is 14.6. The van der Waals surface area contributed by atoms with Gasteiger partial charge in [-0.15, -0.1) is 0 Å². The van der Waals surface area contributed by atoms with Crippen LogP contribution >= 0.6 is 11.6 Å². The molecule has 0 aliphatic carbocycles. The predicted octanol–water partition coefficient (Wildman–Crippen LogP) is 5.31. The summed E-state index contributed by atoms with van der Waals surface area (Å²) in [6.45, 7) is 6.20. The molecule has 3 aromatic carbocycles. The van der Waals surface area contributed by atoms with Crippen molar-refractivity contribution in [1.82, 2.24) is 10.2 Å². The summed E-state index contributed by atoms with van der Waals surface area (Å²) in [6.07, 6.45) is 0.678. The summed E-state index contributed by atoms with van der Waals surface area (Å²) >= 11 is 6.32. The van der Waals surface area contributed by atoms with E-state index in [1.54, 1.807) is 43.3 Å². The number of sulfonamides is 1. The molecule has 0 aliphatic rings. The van der Waals surface area contributed by atoms with E-state index >= 15 is 0 Å². The molecule has 0 heterocycles. The second-order valence-electron chi connectivity index (χ2n) is 9.37. The summed E-state index contributed by atoms with van der Waals surface area (Å²) in [6, 6.07) is 17.2. The molecule has 3 aromatic rings. The van der Waals surface area contributed by atoms with E-state index in [4.69, 9.17) is 11.6 Å². The fraction of sp³-hybridized carbons (Fsp3) is 0.310. The minimum atomic E-state index is -4.21. The second kappa shape index (κ2) is 13.1. The average Bonchev–Trinajstić information content (AvgIpc) is 2.92. The van der Waals surface area contributed by atoms with Crippen LogP contribution in [-0.2, 0) is 26.2 Å². The second-order valence-corrected chi connectivity index (χ2v) is 11.6. The van der Waals surface area contributed by atoms with Gasteiger partial charge in [0.25, 0.3) is 10.0 Å². The van der Waals surface area contributed by atoms with Crippen molar-refractivity contribution in [3.63, 3.8) is 0 Å². The normalized spacial score (nSPS) is 12.9. The molecular weight excluding hydrogens is 541 g/mol. The van der Waals surface area contributed by atoms with Crippen molar-refractivity contribution in [2.75, 3.05) is 10.8 Å².